The second-order valence-corrected chi connectivity index (χ2v) is 3.71. The van der Waals surface area contributed by atoms with Gasteiger partial charge in [0.15, 0.2) is 5.75 Å². The molecule has 0 aliphatic carbocycles. The molecule has 16 heavy (non-hydrogen) atoms. The molecule has 88 valence electrons. The maximum absolute atomic E-state index is 10.4. The van der Waals surface area contributed by atoms with Crippen molar-refractivity contribution in [3.63, 3.8) is 0 Å². The van der Waals surface area contributed by atoms with E-state index in [9.17, 15) is 4.79 Å². The Morgan fingerprint density at radius 2 is 2.62 bits per heavy atom. The molecule has 2 heterocycles. The number of carboxylic acid groups (broad SMARTS) is 1. The predicted molar refractivity (Wildman–Crippen MR) is 54.3 cm³/mol. The standard InChI is InChI=1S/C10H14N2O4/c13-10(14)6-12-5-9(4-11-12)16-7-8-2-1-3-15-8/h4-5,8H,1-3,6-7H2,(H,13,14). The summed E-state index contributed by atoms with van der Waals surface area (Å²) in [6.07, 6.45) is 5.33. The number of hydrogen-bond acceptors (Lipinski definition) is 4. The molecule has 1 saturated heterocycles. The number of aromatic nitrogens is 2. The van der Waals surface area contributed by atoms with E-state index in [-0.39, 0.29) is 12.6 Å². The monoisotopic (exact) mass is 226 g/mol. The van der Waals surface area contributed by atoms with Crippen LogP contribution < -0.4 is 4.74 Å². The molecular weight excluding hydrogens is 212 g/mol. The van der Waals surface area contributed by atoms with Gasteiger partial charge in [-0.2, -0.15) is 5.10 Å². The Hall–Kier alpha value is -1.56. The molecule has 1 aliphatic heterocycles. The first-order chi connectivity index (χ1) is 7.74. The van der Waals surface area contributed by atoms with Crippen molar-refractivity contribution in [3.05, 3.63) is 12.4 Å². The summed E-state index contributed by atoms with van der Waals surface area (Å²) in [4.78, 5) is 10.4. The average molecular weight is 226 g/mol. The van der Waals surface area contributed by atoms with Crippen molar-refractivity contribution in [3.8, 4) is 5.75 Å². The van der Waals surface area contributed by atoms with Crippen LogP contribution in [0.2, 0.25) is 0 Å². The molecule has 1 fully saturated rings. The summed E-state index contributed by atoms with van der Waals surface area (Å²) in [5.41, 5.74) is 0. The van der Waals surface area contributed by atoms with Gasteiger partial charge < -0.3 is 14.6 Å². The second kappa shape index (κ2) is 4.98. The summed E-state index contributed by atoms with van der Waals surface area (Å²) in [5, 5.41) is 12.4. The molecule has 0 saturated carbocycles. The Kier molecular flexibility index (Phi) is 3.40. The van der Waals surface area contributed by atoms with E-state index in [0.717, 1.165) is 19.4 Å². The summed E-state index contributed by atoms with van der Waals surface area (Å²) < 4.78 is 12.2. The number of hydrogen-bond donors (Lipinski definition) is 1. The molecule has 6 nitrogen and oxygen atoms in total. The van der Waals surface area contributed by atoms with E-state index in [2.05, 4.69) is 5.10 Å². The SMILES string of the molecule is O=C(O)Cn1cc(OCC2CCCO2)cn1. The zero-order chi connectivity index (χ0) is 11.4. The van der Waals surface area contributed by atoms with Crippen molar-refractivity contribution in [2.45, 2.75) is 25.5 Å². The lowest BCUT2D eigenvalue weighted by Gasteiger charge is -2.09. The predicted octanol–water partition coefficient (Wildman–Crippen LogP) is 0.525. The van der Waals surface area contributed by atoms with Crippen molar-refractivity contribution < 1.29 is 19.4 Å². The molecule has 0 bridgehead atoms. The van der Waals surface area contributed by atoms with Gasteiger partial charge in [0.25, 0.3) is 0 Å². The van der Waals surface area contributed by atoms with Gasteiger partial charge in [-0.15, -0.1) is 0 Å². The van der Waals surface area contributed by atoms with Crippen molar-refractivity contribution in [1.82, 2.24) is 9.78 Å². The molecule has 1 aromatic rings. The maximum atomic E-state index is 10.4. The normalized spacial score (nSPS) is 19.9. The van der Waals surface area contributed by atoms with E-state index in [1.165, 1.54) is 10.9 Å². The van der Waals surface area contributed by atoms with Gasteiger partial charge in [-0.3, -0.25) is 9.48 Å². The molecule has 6 heteroatoms. The maximum Gasteiger partial charge on any atom is 0.325 e. The van der Waals surface area contributed by atoms with Crippen molar-refractivity contribution in [1.29, 1.82) is 0 Å². The number of nitrogens with zero attached hydrogens (tertiary/aromatic N) is 2. The van der Waals surface area contributed by atoms with Crippen molar-refractivity contribution in [2.75, 3.05) is 13.2 Å². The molecule has 1 atom stereocenters. The second-order valence-electron chi connectivity index (χ2n) is 3.71. The summed E-state index contributed by atoms with van der Waals surface area (Å²) >= 11 is 0. The van der Waals surface area contributed by atoms with E-state index in [0.29, 0.717) is 12.4 Å². The van der Waals surface area contributed by atoms with Gasteiger partial charge in [-0.1, -0.05) is 0 Å². The Morgan fingerprint density at radius 1 is 1.75 bits per heavy atom. The lowest BCUT2D eigenvalue weighted by Crippen LogP contribution is -2.16. The van der Waals surface area contributed by atoms with Crippen LogP contribution in [0, 0.1) is 0 Å². The molecular formula is C10H14N2O4. The minimum absolute atomic E-state index is 0.150. The van der Waals surface area contributed by atoms with Gasteiger partial charge in [0.1, 0.15) is 13.2 Å². The van der Waals surface area contributed by atoms with Crippen LogP contribution in [-0.4, -0.2) is 40.2 Å². The van der Waals surface area contributed by atoms with Gasteiger partial charge >= 0.3 is 5.97 Å². The molecule has 1 N–H and O–H groups in total. The molecule has 0 aromatic carbocycles. The fourth-order valence-electron chi connectivity index (χ4n) is 1.61. The van der Waals surface area contributed by atoms with Crippen LogP contribution in [0.3, 0.4) is 0 Å². The van der Waals surface area contributed by atoms with Gasteiger partial charge in [-0.05, 0) is 12.8 Å². The van der Waals surface area contributed by atoms with Gasteiger partial charge in [0.2, 0.25) is 0 Å². The summed E-state index contributed by atoms with van der Waals surface area (Å²) in [7, 11) is 0. The summed E-state index contributed by atoms with van der Waals surface area (Å²) in [6, 6.07) is 0. The minimum atomic E-state index is -0.922. The number of ether oxygens (including phenoxy) is 2. The number of carbonyl (C=O) groups is 1. The van der Waals surface area contributed by atoms with Gasteiger partial charge in [-0.25, -0.2) is 0 Å². The first-order valence-electron chi connectivity index (χ1n) is 5.22. The zero-order valence-electron chi connectivity index (χ0n) is 8.83. The van der Waals surface area contributed by atoms with Crippen molar-refractivity contribution in [2.24, 2.45) is 0 Å². The highest BCUT2D eigenvalue weighted by Gasteiger charge is 2.16. The third-order valence-corrected chi connectivity index (χ3v) is 2.37. The van der Waals surface area contributed by atoms with E-state index in [4.69, 9.17) is 14.6 Å². The van der Waals surface area contributed by atoms with E-state index < -0.39 is 5.97 Å². The highest BCUT2D eigenvalue weighted by molar-refractivity contribution is 5.66. The largest absolute Gasteiger partial charge is 0.488 e. The van der Waals surface area contributed by atoms with Crippen LogP contribution in [0.1, 0.15) is 12.8 Å². The van der Waals surface area contributed by atoms with E-state index in [1.807, 2.05) is 0 Å². The topological polar surface area (TPSA) is 73.6 Å². The zero-order valence-corrected chi connectivity index (χ0v) is 8.83. The van der Waals surface area contributed by atoms with Gasteiger partial charge in [0, 0.05) is 6.61 Å². The molecule has 1 aromatic heterocycles. The van der Waals surface area contributed by atoms with Crippen LogP contribution in [0.15, 0.2) is 12.4 Å². The summed E-state index contributed by atoms with van der Waals surface area (Å²) in [5.74, 6) is -0.342. The van der Waals surface area contributed by atoms with Crippen LogP contribution in [0.4, 0.5) is 0 Å². The van der Waals surface area contributed by atoms with Crippen LogP contribution in [0.25, 0.3) is 0 Å². The molecule has 0 amide bonds. The van der Waals surface area contributed by atoms with E-state index >= 15 is 0 Å². The Labute approximate surface area is 92.8 Å². The lowest BCUT2D eigenvalue weighted by molar-refractivity contribution is -0.137. The number of rotatable bonds is 5. The van der Waals surface area contributed by atoms with Crippen LogP contribution >= 0.6 is 0 Å². The van der Waals surface area contributed by atoms with E-state index in [1.54, 1.807) is 6.20 Å². The molecule has 0 radical (unpaired) electrons. The molecule has 1 aliphatic rings. The average Bonchev–Trinajstić information content (AvgIpc) is 2.84. The van der Waals surface area contributed by atoms with Crippen molar-refractivity contribution >= 4 is 5.97 Å². The fourth-order valence-corrected chi connectivity index (χ4v) is 1.61. The lowest BCUT2D eigenvalue weighted by atomic mass is 10.2. The van der Waals surface area contributed by atoms with Gasteiger partial charge in [0.05, 0.1) is 18.5 Å². The molecule has 1 unspecified atom stereocenters. The molecule has 0 spiro atoms. The quantitative estimate of drug-likeness (QED) is 0.792. The summed E-state index contributed by atoms with van der Waals surface area (Å²) in [6.45, 7) is 1.15. The van der Waals surface area contributed by atoms with Crippen LogP contribution in [-0.2, 0) is 16.1 Å². The Morgan fingerprint density at radius 3 is 3.31 bits per heavy atom. The minimum Gasteiger partial charge on any atom is -0.488 e. The number of carboxylic acids is 1. The number of aliphatic carboxylic acids is 1. The fraction of sp³-hybridized carbons (Fsp3) is 0.600. The highest BCUT2D eigenvalue weighted by atomic mass is 16.5. The first-order valence-corrected chi connectivity index (χ1v) is 5.22. The third kappa shape index (κ3) is 2.96. The Balaban J connectivity index is 1.80. The third-order valence-electron chi connectivity index (χ3n) is 2.37. The Bertz CT molecular complexity index is 357. The molecule has 2 rings (SSSR count). The smallest absolute Gasteiger partial charge is 0.325 e. The first kappa shape index (κ1) is 10.9. The van der Waals surface area contributed by atoms with Crippen LogP contribution in [0.5, 0.6) is 5.75 Å². The highest BCUT2D eigenvalue weighted by Crippen LogP contribution is 2.15.